The van der Waals surface area contributed by atoms with Gasteiger partial charge in [0.25, 0.3) is 11.6 Å². The van der Waals surface area contributed by atoms with Gasteiger partial charge in [0.1, 0.15) is 5.69 Å². The molecule has 0 aliphatic rings. The molecule has 21 heavy (non-hydrogen) atoms. The molecule has 0 aliphatic heterocycles. The number of hydrogen-bond donors (Lipinski definition) is 2. The molecule has 2 rings (SSSR count). The van der Waals surface area contributed by atoms with E-state index in [0.29, 0.717) is 11.7 Å². The van der Waals surface area contributed by atoms with Crippen LogP contribution in [0.2, 0.25) is 0 Å². The minimum absolute atomic E-state index is 0.116. The summed E-state index contributed by atoms with van der Waals surface area (Å²) in [6, 6.07) is 4.41. The van der Waals surface area contributed by atoms with Crippen molar-refractivity contribution in [3.63, 3.8) is 0 Å². The summed E-state index contributed by atoms with van der Waals surface area (Å²) in [4.78, 5) is 26.8. The summed E-state index contributed by atoms with van der Waals surface area (Å²) in [5, 5.41) is 18.9. The molecule has 8 heteroatoms. The highest BCUT2D eigenvalue weighted by Crippen LogP contribution is 2.29. The van der Waals surface area contributed by atoms with Gasteiger partial charge in [-0.05, 0) is 12.5 Å². The van der Waals surface area contributed by atoms with Gasteiger partial charge in [-0.3, -0.25) is 20.2 Å². The first-order chi connectivity index (χ1) is 10.1. The lowest BCUT2D eigenvalue weighted by atomic mass is 10.1. The molecule has 0 atom stereocenters. The topological polar surface area (TPSA) is 97.2 Å². The molecule has 0 spiro atoms. The maximum absolute atomic E-state index is 12.3. The molecule has 1 aromatic heterocycles. The Bertz CT molecular complexity index is 643. The second kappa shape index (κ2) is 6.80. The van der Waals surface area contributed by atoms with Crippen molar-refractivity contribution in [1.29, 1.82) is 0 Å². The second-order valence-corrected chi connectivity index (χ2v) is 5.07. The van der Waals surface area contributed by atoms with Crippen molar-refractivity contribution in [2.75, 3.05) is 17.2 Å². The predicted molar refractivity (Wildman–Crippen MR) is 81.9 cm³/mol. The van der Waals surface area contributed by atoms with Gasteiger partial charge in [-0.25, -0.2) is 4.98 Å². The third-order valence-corrected chi connectivity index (χ3v) is 3.38. The number of thiazole rings is 1. The van der Waals surface area contributed by atoms with Gasteiger partial charge in [0.05, 0.1) is 10.5 Å². The van der Waals surface area contributed by atoms with E-state index in [-0.39, 0.29) is 16.9 Å². The van der Waals surface area contributed by atoms with Gasteiger partial charge in [-0.2, -0.15) is 0 Å². The summed E-state index contributed by atoms with van der Waals surface area (Å²) >= 11 is 1.28. The Kier molecular flexibility index (Phi) is 4.83. The van der Waals surface area contributed by atoms with Crippen LogP contribution in [0.1, 0.15) is 23.7 Å². The largest absolute Gasteiger partial charge is 0.379 e. The van der Waals surface area contributed by atoms with Crippen LogP contribution in [0.25, 0.3) is 0 Å². The van der Waals surface area contributed by atoms with Crippen molar-refractivity contribution in [1.82, 2.24) is 4.98 Å². The number of hydrogen-bond acceptors (Lipinski definition) is 6. The Balaban J connectivity index is 2.34. The summed E-state index contributed by atoms with van der Waals surface area (Å²) in [6.07, 6.45) is 2.36. The monoisotopic (exact) mass is 306 g/mol. The van der Waals surface area contributed by atoms with Crippen LogP contribution >= 0.6 is 11.3 Å². The normalized spacial score (nSPS) is 10.1. The van der Waals surface area contributed by atoms with Crippen LogP contribution in [-0.2, 0) is 0 Å². The highest BCUT2D eigenvalue weighted by molar-refractivity contribution is 7.13. The molecule has 0 unspecified atom stereocenters. The van der Waals surface area contributed by atoms with Crippen molar-refractivity contribution >= 4 is 33.8 Å². The van der Waals surface area contributed by atoms with Crippen molar-refractivity contribution in [2.45, 2.75) is 13.3 Å². The molecule has 2 aromatic rings. The number of aromatic nitrogens is 1. The van der Waals surface area contributed by atoms with Crippen LogP contribution in [-0.4, -0.2) is 22.4 Å². The number of rotatable bonds is 6. The maximum atomic E-state index is 12.3. The second-order valence-electron chi connectivity index (χ2n) is 4.17. The lowest BCUT2D eigenvalue weighted by molar-refractivity contribution is -0.384. The number of carbonyl (C=O) groups is 1. The molecular weight excluding hydrogens is 292 g/mol. The lowest BCUT2D eigenvalue weighted by Crippen LogP contribution is -2.16. The molecule has 1 heterocycles. The zero-order valence-corrected chi connectivity index (χ0v) is 12.1. The third kappa shape index (κ3) is 3.54. The minimum Gasteiger partial charge on any atom is -0.379 e. The Labute approximate surface area is 125 Å². The first-order valence-corrected chi connectivity index (χ1v) is 7.23. The molecule has 0 fully saturated rings. The summed E-state index contributed by atoms with van der Waals surface area (Å²) in [6.45, 7) is 2.49. The van der Waals surface area contributed by atoms with Gasteiger partial charge in [-0.15, -0.1) is 11.3 Å². The van der Waals surface area contributed by atoms with E-state index in [2.05, 4.69) is 15.6 Å². The van der Waals surface area contributed by atoms with Gasteiger partial charge in [0.15, 0.2) is 5.13 Å². The smallest absolute Gasteiger partial charge is 0.293 e. The fourth-order valence-corrected chi connectivity index (χ4v) is 2.29. The highest BCUT2D eigenvalue weighted by atomic mass is 32.1. The van der Waals surface area contributed by atoms with E-state index in [0.717, 1.165) is 6.42 Å². The number of carbonyl (C=O) groups excluding carboxylic acids is 1. The number of nitrogens with zero attached hydrogens (tertiary/aromatic N) is 2. The Morgan fingerprint density at radius 1 is 1.48 bits per heavy atom. The lowest BCUT2D eigenvalue weighted by Gasteiger charge is -2.11. The number of benzene rings is 1. The number of nitro benzene ring substituents is 1. The van der Waals surface area contributed by atoms with Crippen LogP contribution in [0.4, 0.5) is 16.5 Å². The Morgan fingerprint density at radius 3 is 2.90 bits per heavy atom. The standard InChI is InChI=1S/C13H14N4O3S/c1-2-6-14-11-9(4-3-5-10(11)17(19)20)12(18)16-13-15-7-8-21-13/h3-5,7-8,14H,2,6H2,1H3,(H,15,16,18). The SMILES string of the molecule is CCCNc1c(C(=O)Nc2nccs2)cccc1[N+](=O)[O-]. The van der Waals surface area contributed by atoms with E-state index < -0.39 is 10.8 Å². The number of nitrogens with one attached hydrogen (secondary N) is 2. The van der Waals surface area contributed by atoms with Crippen LogP contribution < -0.4 is 10.6 Å². The molecule has 0 aliphatic carbocycles. The molecule has 110 valence electrons. The molecule has 0 saturated heterocycles. The van der Waals surface area contributed by atoms with Crippen LogP contribution in [0, 0.1) is 10.1 Å². The number of para-hydroxylation sites is 1. The van der Waals surface area contributed by atoms with Crippen LogP contribution in [0.3, 0.4) is 0 Å². The van der Waals surface area contributed by atoms with E-state index >= 15 is 0 Å². The summed E-state index contributed by atoms with van der Waals surface area (Å²) < 4.78 is 0. The molecule has 2 N–H and O–H groups in total. The fraction of sp³-hybridized carbons (Fsp3) is 0.231. The van der Waals surface area contributed by atoms with E-state index in [1.165, 1.54) is 23.5 Å². The van der Waals surface area contributed by atoms with Crippen LogP contribution in [0.15, 0.2) is 29.8 Å². The van der Waals surface area contributed by atoms with Crippen molar-refractivity contribution in [3.05, 3.63) is 45.5 Å². The van der Waals surface area contributed by atoms with E-state index in [4.69, 9.17) is 0 Å². The molecule has 0 bridgehead atoms. The zero-order chi connectivity index (χ0) is 15.2. The molecule has 0 radical (unpaired) electrons. The number of anilines is 2. The minimum atomic E-state index is -0.502. The molecular formula is C13H14N4O3S. The first-order valence-electron chi connectivity index (χ1n) is 6.35. The summed E-state index contributed by atoms with van der Waals surface area (Å²) in [7, 11) is 0. The van der Waals surface area contributed by atoms with Gasteiger partial charge >= 0.3 is 0 Å². The number of amides is 1. The van der Waals surface area contributed by atoms with Gasteiger partial charge in [0, 0.05) is 24.2 Å². The average molecular weight is 306 g/mol. The number of nitro groups is 1. The third-order valence-electron chi connectivity index (χ3n) is 2.69. The maximum Gasteiger partial charge on any atom is 0.293 e. The molecule has 1 amide bonds. The van der Waals surface area contributed by atoms with Crippen LogP contribution in [0.5, 0.6) is 0 Å². The van der Waals surface area contributed by atoms with Gasteiger partial charge < -0.3 is 5.32 Å². The predicted octanol–water partition coefficient (Wildman–Crippen LogP) is 3.13. The molecule has 7 nitrogen and oxygen atoms in total. The first kappa shape index (κ1) is 14.9. The van der Waals surface area contributed by atoms with E-state index in [1.54, 1.807) is 17.6 Å². The highest BCUT2D eigenvalue weighted by Gasteiger charge is 2.21. The average Bonchev–Trinajstić information content (AvgIpc) is 2.97. The van der Waals surface area contributed by atoms with Gasteiger partial charge in [0.2, 0.25) is 0 Å². The fourth-order valence-electron chi connectivity index (χ4n) is 1.77. The Hall–Kier alpha value is -2.48. The zero-order valence-electron chi connectivity index (χ0n) is 11.3. The summed E-state index contributed by atoms with van der Waals surface area (Å²) in [5.74, 6) is -0.424. The Morgan fingerprint density at radius 2 is 2.29 bits per heavy atom. The summed E-state index contributed by atoms with van der Waals surface area (Å²) in [5.41, 5.74) is 0.349. The van der Waals surface area contributed by atoms with Crippen molar-refractivity contribution in [3.8, 4) is 0 Å². The quantitative estimate of drug-likeness (QED) is 0.631. The molecule has 0 saturated carbocycles. The van der Waals surface area contributed by atoms with Crippen molar-refractivity contribution in [2.24, 2.45) is 0 Å². The molecule has 1 aromatic carbocycles. The van der Waals surface area contributed by atoms with E-state index in [1.807, 2.05) is 6.92 Å². The van der Waals surface area contributed by atoms with Crippen molar-refractivity contribution < 1.29 is 9.72 Å². The van der Waals surface area contributed by atoms with E-state index in [9.17, 15) is 14.9 Å². The van der Waals surface area contributed by atoms with Gasteiger partial charge in [-0.1, -0.05) is 13.0 Å².